The number of rotatable bonds is 2. The van der Waals surface area contributed by atoms with Gasteiger partial charge in [-0.25, -0.2) is 4.39 Å². The lowest BCUT2D eigenvalue weighted by Crippen LogP contribution is -2.32. The lowest BCUT2D eigenvalue weighted by atomic mass is 10.0. The summed E-state index contributed by atoms with van der Waals surface area (Å²) >= 11 is 6.04. The minimum atomic E-state index is -0.279. The van der Waals surface area contributed by atoms with Crippen LogP contribution in [0.2, 0.25) is 5.02 Å². The van der Waals surface area contributed by atoms with Crippen LogP contribution in [0.1, 0.15) is 34.9 Å². The van der Waals surface area contributed by atoms with E-state index >= 15 is 0 Å². The molecule has 6 heteroatoms. The van der Waals surface area contributed by atoms with Crippen molar-refractivity contribution in [2.75, 3.05) is 6.54 Å². The smallest absolute Gasteiger partial charge is 0.274 e. The van der Waals surface area contributed by atoms with Crippen molar-refractivity contribution in [2.24, 2.45) is 7.05 Å². The molecule has 0 bridgehead atoms. The fraction of sp³-hybridized carbons (Fsp3) is 0.333. The van der Waals surface area contributed by atoms with Crippen LogP contribution < -0.4 is 0 Å². The minimum Gasteiger partial charge on any atom is -0.330 e. The molecule has 2 aromatic rings. The summed E-state index contributed by atoms with van der Waals surface area (Å²) < 4.78 is 15.5. The summed E-state index contributed by atoms with van der Waals surface area (Å²) in [5.74, 6) is -0.482. The fourth-order valence-electron chi connectivity index (χ4n) is 2.87. The summed E-state index contributed by atoms with van der Waals surface area (Å²) in [6.45, 7) is 0.597. The van der Waals surface area contributed by atoms with Crippen LogP contribution in [-0.2, 0) is 7.05 Å². The van der Waals surface area contributed by atoms with Crippen LogP contribution >= 0.6 is 11.6 Å². The largest absolute Gasteiger partial charge is 0.330 e. The predicted octanol–water partition coefficient (Wildman–Crippen LogP) is 3.19. The number of nitrogens with zero attached hydrogens (tertiary/aromatic N) is 3. The van der Waals surface area contributed by atoms with Gasteiger partial charge < -0.3 is 4.90 Å². The Kier molecular flexibility index (Phi) is 3.68. The SMILES string of the molecule is Cn1ncc(Cl)c1C(=O)N1CCCC1c1ccccc1F. The number of amides is 1. The number of hydrogen-bond donors (Lipinski definition) is 0. The van der Waals surface area contributed by atoms with E-state index in [-0.39, 0.29) is 17.8 Å². The molecule has 2 heterocycles. The van der Waals surface area contributed by atoms with Crippen molar-refractivity contribution in [3.8, 4) is 0 Å². The van der Waals surface area contributed by atoms with Crippen LogP contribution in [0.3, 0.4) is 0 Å². The second-order valence-electron chi connectivity index (χ2n) is 5.14. The van der Waals surface area contributed by atoms with Gasteiger partial charge in [0.2, 0.25) is 0 Å². The van der Waals surface area contributed by atoms with E-state index in [1.807, 2.05) is 0 Å². The second kappa shape index (κ2) is 5.48. The van der Waals surface area contributed by atoms with E-state index in [1.165, 1.54) is 16.9 Å². The summed E-state index contributed by atoms with van der Waals surface area (Å²) in [5, 5.41) is 4.31. The summed E-state index contributed by atoms with van der Waals surface area (Å²) in [6.07, 6.45) is 3.05. The normalized spacial score (nSPS) is 18.2. The molecule has 4 nitrogen and oxygen atoms in total. The monoisotopic (exact) mass is 307 g/mol. The molecule has 1 amide bonds. The number of aryl methyl sites for hydroxylation is 1. The van der Waals surface area contributed by atoms with E-state index in [0.717, 1.165) is 12.8 Å². The highest BCUT2D eigenvalue weighted by atomic mass is 35.5. The van der Waals surface area contributed by atoms with Crippen LogP contribution in [0.5, 0.6) is 0 Å². The summed E-state index contributed by atoms with van der Waals surface area (Å²) in [5.41, 5.74) is 0.904. The van der Waals surface area contributed by atoms with Crippen LogP contribution in [0.15, 0.2) is 30.5 Å². The lowest BCUT2D eigenvalue weighted by molar-refractivity contribution is 0.0722. The number of halogens is 2. The number of benzene rings is 1. The third-order valence-electron chi connectivity index (χ3n) is 3.87. The van der Waals surface area contributed by atoms with Gasteiger partial charge in [0.05, 0.1) is 17.3 Å². The number of carbonyl (C=O) groups excluding carboxylic acids is 1. The van der Waals surface area contributed by atoms with Gasteiger partial charge in [-0.2, -0.15) is 5.10 Å². The Morgan fingerprint density at radius 1 is 1.43 bits per heavy atom. The predicted molar refractivity (Wildman–Crippen MR) is 77.6 cm³/mol. The van der Waals surface area contributed by atoms with Gasteiger partial charge in [0.25, 0.3) is 5.91 Å². The number of carbonyl (C=O) groups is 1. The number of likely N-dealkylation sites (tertiary alicyclic amines) is 1. The molecule has 0 aliphatic carbocycles. The minimum absolute atomic E-state index is 0.203. The first-order valence-corrected chi connectivity index (χ1v) is 7.20. The molecule has 1 saturated heterocycles. The highest BCUT2D eigenvalue weighted by Crippen LogP contribution is 2.35. The Hall–Kier alpha value is -1.88. The first-order chi connectivity index (χ1) is 10.1. The van der Waals surface area contributed by atoms with Gasteiger partial charge in [0.15, 0.2) is 0 Å². The van der Waals surface area contributed by atoms with Crippen LogP contribution in [0, 0.1) is 5.82 Å². The molecule has 110 valence electrons. The van der Waals surface area contributed by atoms with Gasteiger partial charge in [-0.3, -0.25) is 9.48 Å². The van der Waals surface area contributed by atoms with Gasteiger partial charge in [0, 0.05) is 19.2 Å². The van der Waals surface area contributed by atoms with E-state index in [2.05, 4.69) is 5.10 Å². The Morgan fingerprint density at radius 2 is 2.19 bits per heavy atom. The van der Waals surface area contributed by atoms with Gasteiger partial charge in [-0.05, 0) is 18.9 Å². The molecule has 1 atom stereocenters. The molecule has 1 fully saturated rings. The van der Waals surface area contributed by atoms with E-state index < -0.39 is 0 Å². The zero-order valence-corrected chi connectivity index (χ0v) is 12.3. The highest BCUT2D eigenvalue weighted by molar-refractivity contribution is 6.33. The van der Waals surface area contributed by atoms with Gasteiger partial charge in [-0.1, -0.05) is 29.8 Å². The molecule has 1 unspecified atom stereocenters. The molecule has 1 aliphatic heterocycles. The third kappa shape index (κ3) is 2.42. The molecule has 21 heavy (non-hydrogen) atoms. The summed E-state index contributed by atoms with van der Waals surface area (Å²) in [4.78, 5) is 14.4. The number of hydrogen-bond acceptors (Lipinski definition) is 2. The first kappa shape index (κ1) is 14.1. The lowest BCUT2D eigenvalue weighted by Gasteiger charge is -2.25. The van der Waals surface area contributed by atoms with E-state index in [0.29, 0.717) is 22.8 Å². The van der Waals surface area contributed by atoms with E-state index in [1.54, 1.807) is 30.1 Å². The highest BCUT2D eigenvalue weighted by Gasteiger charge is 2.34. The molecule has 0 N–H and O–H groups in total. The molecule has 1 aromatic carbocycles. The average Bonchev–Trinajstić information content (AvgIpc) is 3.06. The van der Waals surface area contributed by atoms with Crippen molar-refractivity contribution in [3.05, 3.63) is 52.6 Å². The Morgan fingerprint density at radius 3 is 2.86 bits per heavy atom. The molecule has 0 saturated carbocycles. The Balaban J connectivity index is 1.95. The molecule has 1 aromatic heterocycles. The average molecular weight is 308 g/mol. The van der Waals surface area contributed by atoms with Crippen molar-refractivity contribution in [2.45, 2.75) is 18.9 Å². The Bertz CT molecular complexity index is 666. The van der Waals surface area contributed by atoms with Crippen molar-refractivity contribution < 1.29 is 9.18 Å². The maximum Gasteiger partial charge on any atom is 0.274 e. The molecular formula is C15H15ClFN3O. The van der Waals surface area contributed by atoms with Crippen LogP contribution in [0.25, 0.3) is 0 Å². The summed E-state index contributed by atoms with van der Waals surface area (Å²) in [6, 6.07) is 6.35. The van der Waals surface area contributed by atoms with E-state index in [4.69, 9.17) is 11.6 Å². The van der Waals surface area contributed by atoms with Crippen LogP contribution in [-0.4, -0.2) is 27.1 Å². The van der Waals surface area contributed by atoms with E-state index in [9.17, 15) is 9.18 Å². The standard InChI is InChI=1S/C15H15ClFN3O/c1-19-14(11(16)9-18-19)15(21)20-8-4-7-13(20)10-5-2-3-6-12(10)17/h2-3,5-6,9,13H,4,7-8H2,1H3. The van der Waals surface area contributed by atoms with Crippen LogP contribution in [0.4, 0.5) is 4.39 Å². The summed E-state index contributed by atoms with van der Waals surface area (Å²) in [7, 11) is 1.67. The maximum atomic E-state index is 14.0. The first-order valence-electron chi connectivity index (χ1n) is 6.82. The van der Waals surface area contributed by atoms with Crippen molar-refractivity contribution in [1.29, 1.82) is 0 Å². The molecule has 0 spiro atoms. The van der Waals surface area contributed by atoms with Gasteiger partial charge >= 0.3 is 0 Å². The van der Waals surface area contributed by atoms with Crippen molar-refractivity contribution >= 4 is 17.5 Å². The molecule has 3 rings (SSSR count). The molecular weight excluding hydrogens is 293 g/mol. The molecule has 1 aliphatic rings. The molecule has 0 radical (unpaired) electrons. The Labute approximate surface area is 127 Å². The zero-order chi connectivity index (χ0) is 15.0. The topological polar surface area (TPSA) is 38.1 Å². The fourth-order valence-corrected chi connectivity index (χ4v) is 3.11. The quantitative estimate of drug-likeness (QED) is 0.854. The second-order valence-corrected chi connectivity index (χ2v) is 5.55. The maximum absolute atomic E-state index is 14.0. The van der Waals surface area contributed by atoms with Gasteiger partial charge in [-0.15, -0.1) is 0 Å². The van der Waals surface area contributed by atoms with Crippen molar-refractivity contribution in [1.82, 2.24) is 14.7 Å². The third-order valence-corrected chi connectivity index (χ3v) is 4.15. The number of aromatic nitrogens is 2. The van der Waals surface area contributed by atoms with Gasteiger partial charge in [0.1, 0.15) is 11.5 Å². The zero-order valence-electron chi connectivity index (χ0n) is 11.6. The van der Waals surface area contributed by atoms with Crippen molar-refractivity contribution in [3.63, 3.8) is 0 Å².